The molecule has 0 radical (unpaired) electrons. The predicted molar refractivity (Wildman–Crippen MR) is 399 cm³/mol. The van der Waals surface area contributed by atoms with E-state index in [1.807, 2.05) is 4.57 Å². The number of nitrogens with two attached hydrogens (primary N) is 14. The SMILES string of the molecule is CCc1c(CC)c(C)c2c(ncn2CC(=O)CNCCCCCC(=O)NC(CCCN=C(N)N)C(=O)NC(CCCN=C(N)N)C(=O)NC(CCCN=C(N)N)C(=O)NC(CCCN=C(N)N)C(=O)NC(CCCN=C(N)N)C(=O)NC(CCCN=C(N)N)C(=O)NC(CCCCN)C(N)=O)c1C. The van der Waals surface area contributed by atoms with E-state index in [2.05, 4.69) is 105 Å². The molecule has 1 aromatic carbocycles. The minimum Gasteiger partial charge on any atom is -0.370 e. The third-order valence-electron chi connectivity index (χ3n) is 16.5. The molecule has 0 aliphatic rings. The Morgan fingerprint density at radius 2 is 0.728 bits per heavy atom. The molecular formula is C64H118N30O9. The van der Waals surface area contributed by atoms with E-state index in [1.54, 1.807) is 6.33 Å². The van der Waals surface area contributed by atoms with Gasteiger partial charge in [0.05, 0.1) is 30.5 Å². The van der Waals surface area contributed by atoms with Crippen LogP contribution in [0.5, 0.6) is 0 Å². The maximum atomic E-state index is 14.8. The lowest BCUT2D eigenvalue weighted by Gasteiger charge is -2.28. The van der Waals surface area contributed by atoms with Crippen molar-refractivity contribution >= 4 is 99.8 Å². The van der Waals surface area contributed by atoms with Crippen molar-refractivity contribution < 1.29 is 43.2 Å². The van der Waals surface area contributed by atoms with Crippen LogP contribution in [0.15, 0.2) is 36.3 Å². The minimum atomic E-state index is -1.49. The zero-order valence-electron chi connectivity index (χ0n) is 60.4. The van der Waals surface area contributed by atoms with E-state index in [0.29, 0.717) is 45.2 Å². The Balaban J connectivity index is 2.48. The molecule has 39 nitrogen and oxygen atoms in total. The quantitative estimate of drug-likeness (QED) is 0.0166. The number of hydrogen-bond acceptors (Lipinski definition) is 18. The van der Waals surface area contributed by atoms with Crippen LogP contribution in [0, 0.1) is 13.8 Å². The fourth-order valence-electron chi connectivity index (χ4n) is 11.4. The van der Waals surface area contributed by atoms with Crippen LogP contribution >= 0.6 is 0 Å². The maximum Gasteiger partial charge on any atom is 0.243 e. The van der Waals surface area contributed by atoms with Crippen LogP contribution in [-0.4, -0.2) is 200 Å². The Morgan fingerprint density at radius 1 is 0.408 bits per heavy atom. The lowest BCUT2D eigenvalue weighted by atomic mass is 9.92. The molecule has 8 amide bonds. The number of aliphatic imine (C=N–C) groups is 6. The number of rotatable bonds is 54. The molecule has 0 bridgehead atoms. The molecule has 0 aliphatic heterocycles. The molecule has 7 unspecified atom stereocenters. The summed E-state index contributed by atoms with van der Waals surface area (Å²) < 4.78 is 1.91. The van der Waals surface area contributed by atoms with E-state index in [4.69, 9.17) is 80.3 Å². The van der Waals surface area contributed by atoms with Gasteiger partial charge in [0.1, 0.15) is 42.3 Å². The summed E-state index contributed by atoms with van der Waals surface area (Å²) in [6, 6.07) is -9.51. The van der Waals surface area contributed by atoms with Crippen LogP contribution in [-0.2, 0) is 62.5 Å². The normalized spacial score (nSPS) is 13.0. The summed E-state index contributed by atoms with van der Waals surface area (Å²) >= 11 is 0. The van der Waals surface area contributed by atoms with E-state index in [0.717, 1.165) is 35.0 Å². The van der Waals surface area contributed by atoms with Crippen LogP contribution in [0.25, 0.3) is 11.0 Å². The Kier molecular flexibility index (Phi) is 42.4. The van der Waals surface area contributed by atoms with Gasteiger partial charge in [-0.1, -0.05) is 20.3 Å². The summed E-state index contributed by atoms with van der Waals surface area (Å²) in [6.07, 6.45) is 6.48. The zero-order valence-corrected chi connectivity index (χ0v) is 60.4. The molecule has 0 aliphatic carbocycles. The Morgan fingerprint density at radius 3 is 1.05 bits per heavy atom. The average molecular weight is 1450 g/mol. The fourth-order valence-corrected chi connectivity index (χ4v) is 11.4. The van der Waals surface area contributed by atoms with Crippen molar-refractivity contribution in [2.45, 2.75) is 211 Å². The molecule has 1 heterocycles. The van der Waals surface area contributed by atoms with Crippen LogP contribution in [0.3, 0.4) is 0 Å². The monoisotopic (exact) mass is 1450 g/mol. The largest absolute Gasteiger partial charge is 0.370 e. The average Bonchev–Trinajstić information content (AvgIpc) is 1.66. The van der Waals surface area contributed by atoms with Gasteiger partial charge in [0.25, 0.3) is 0 Å². The summed E-state index contributed by atoms with van der Waals surface area (Å²) in [4.78, 5) is 155. The Bertz CT molecular complexity index is 3240. The first kappa shape index (κ1) is 88.7. The molecule has 0 spiro atoms. The molecule has 0 saturated carbocycles. The molecule has 0 saturated heterocycles. The minimum absolute atomic E-state index is 0.00363. The summed E-state index contributed by atoms with van der Waals surface area (Å²) in [6.45, 7) is 9.66. The number of aryl methyl sites for hydroxylation is 2. The van der Waals surface area contributed by atoms with Gasteiger partial charge in [-0.05, 0) is 171 Å². The zero-order chi connectivity index (χ0) is 77.0. The van der Waals surface area contributed by atoms with Gasteiger partial charge in [0.15, 0.2) is 41.5 Å². The number of unbranched alkanes of at least 4 members (excludes halogenated alkanes) is 3. The molecule has 103 heavy (non-hydrogen) atoms. The van der Waals surface area contributed by atoms with Crippen molar-refractivity contribution in [2.24, 2.45) is 110 Å². The Labute approximate surface area is 602 Å². The summed E-state index contributed by atoms with van der Waals surface area (Å²) in [7, 11) is 0. The van der Waals surface area contributed by atoms with E-state index in [-0.39, 0.29) is 184 Å². The number of aromatic nitrogens is 2. The predicted octanol–water partition coefficient (Wildman–Crippen LogP) is -6.17. The number of amides is 8. The van der Waals surface area contributed by atoms with Crippen molar-refractivity contribution in [3.63, 3.8) is 0 Å². The Hall–Kier alpha value is -10.3. The molecule has 36 N–H and O–H groups in total. The van der Waals surface area contributed by atoms with Crippen molar-refractivity contribution in [2.75, 3.05) is 58.9 Å². The second-order valence-electron chi connectivity index (χ2n) is 24.9. The number of imidazole rings is 1. The van der Waals surface area contributed by atoms with Gasteiger partial charge in [-0.2, -0.15) is 0 Å². The highest BCUT2D eigenvalue weighted by Crippen LogP contribution is 2.30. The third-order valence-corrected chi connectivity index (χ3v) is 16.5. The van der Waals surface area contributed by atoms with Gasteiger partial charge < -0.3 is 127 Å². The number of hydrogen-bond donors (Lipinski definition) is 22. The highest BCUT2D eigenvalue weighted by atomic mass is 16.2. The lowest BCUT2D eigenvalue weighted by Crippen LogP contribution is -2.60. The van der Waals surface area contributed by atoms with Crippen molar-refractivity contribution in [3.8, 4) is 0 Å². The van der Waals surface area contributed by atoms with E-state index in [9.17, 15) is 43.2 Å². The second kappa shape index (κ2) is 49.3. The first-order valence-electron chi connectivity index (χ1n) is 35.1. The first-order chi connectivity index (χ1) is 48.9. The number of guanidine groups is 6. The molecule has 39 heteroatoms. The van der Waals surface area contributed by atoms with Crippen LogP contribution in [0.2, 0.25) is 0 Å². The number of nitrogens with zero attached hydrogens (tertiary/aromatic N) is 8. The van der Waals surface area contributed by atoms with Gasteiger partial charge in [-0.15, -0.1) is 0 Å². The highest BCUT2D eigenvalue weighted by molar-refractivity contribution is 5.98. The topological polar surface area (TPSA) is 706 Å². The van der Waals surface area contributed by atoms with Crippen LogP contribution < -0.4 is 123 Å². The number of carbonyl (C=O) groups is 9. The number of Topliss-reactive ketones (excluding diaryl/α,β-unsaturated/α-hetero) is 1. The van der Waals surface area contributed by atoms with Gasteiger partial charge >= 0.3 is 0 Å². The van der Waals surface area contributed by atoms with Crippen molar-refractivity contribution in [1.82, 2.24) is 52.1 Å². The van der Waals surface area contributed by atoms with Gasteiger partial charge in [0.2, 0.25) is 47.3 Å². The molecule has 578 valence electrons. The van der Waals surface area contributed by atoms with E-state index < -0.39 is 89.6 Å². The molecule has 2 rings (SSSR count). The van der Waals surface area contributed by atoms with Crippen molar-refractivity contribution in [3.05, 3.63) is 28.6 Å². The van der Waals surface area contributed by atoms with Crippen LogP contribution in [0.4, 0.5) is 0 Å². The first-order valence-corrected chi connectivity index (χ1v) is 35.1. The number of benzene rings is 1. The van der Waals surface area contributed by atoms with Gasteiger partial charge in [-0.25, -0.2) is 4.98 Å². The van der Waals surface area contributed by atoms with Gasteiger partial charge in [-0.3, -0.25) is 73.1 Å². The fraction of sp³-hybridized carbons (Fsp3) is 0.656. The standard InChI is InChI=1S/C64H118N30O9/c1-5-40-37(3)50-51(38(4)41(40)6-2)94(36-86-50)35-39(95)34-79-27-11-7-8-25-49(96)87-43(19-12-28-80-59(67)68)53(98)89-45(21-14-30-82-61(71)72)55(100)91-47(23-16-32-84-63(75)76)57(102)93-48(24-17-33-85-64(77)78)58(103)92-46(22-15-31-83-62(73)74)56(101)90-44(20-13-29-81-60(69)70)54(99)88-42(52(66)97)18-9-10-26-65/h36,42-48,79H,5-35,65H2,1-4H3,(H2,66,97)(H,87,96)(H,88,99)(H,89,98)(H,90,101)(H,91,100)(H,92,103)(H,93,102)(H4,67,68,80)(H4,69,70,81)(H4,71,72,82)(H4,73,74,83)(H4,75,76,84)(H4,77,78,85). The summed E-state index contributed by atoms with van der Waals surface area (Å²) in [5.41, 5.74) is 85.1. The smallest absolute Gasteiger partial charge is 0.243 e. The van der Waals surface area contributed by atoms with E-state index >= 15 is 0 Å². The number of primary amides is 1. The van der Waals surface area contributed by atoms with Crippen molar-refractivity contribution in [1.29, 1.82) is 0 Å². The molecule has 7 atom stereocenters. The number of ketones is 1. The van der Waals surface area contributed by atoms with Gasteiger partial charge in [0, 0.05) is 45.7 Å². The number of nitrogens with one attached hydrogen (secondary N) is 8. The maximum absolute atomic E-state index is 14.8. The molecular weight excluding hydrogens is 1330 g/mol. The molecule has 2 aromatic rings. The third kappa shape index (κ3) is 35.7. The summed E-state index contributed by atoms with van der Waals surface area (Å²) in [5, 5.41) is 22.1. The molecule has 0 fully saturated rings. The van der Waals surface area contributed by atoms with Crippen LogP contribution in [0.1, 0.15) is 158 Å². The molecule has 1 aromatic heterocycles. The number of carbonyl (C=O) groups excluding carboxylic acids is 9. The van der Waals surface area contributed by atoms with E-state index in [1.165, 1.54) is 11.1 Å². The summed E-state index contributed by atoms with van der Waals surface area (Å²) in [5.74, 6) is -7.87. The second-order valence-corrected chi connectivity index (χ2v) is 24.9. The highest BCUT2D eigenvalue weighted by Gasteiger charge is 2.34. The lowest BCUT2D eigenvalue weighted by molar-refractivity contribution is -0.136. The number of fused-ring (bicyclic) bond motifs is 1.